The van der Waals surface area contributed by atoms with E-state index in [2.05, 4.69) is 0 Å². The summed E-state index contributed by atoms with van der Waals surface area (Å²) in [5.41, 5.74) is 0. The van der Waals surface area contributed by atoms with Crippen LogP contribution in [0.2, 0.25) is 0 Å². The minimum atomic E-state index is -1.84. The number of hydrogen-bond acceptors (Lipinski definition) is 19. The van der Waals surface area contributed by atoms with Crippen molar-refractivity contribution in [3.8, 4) is 0 Å². The highest BCUT2D eigenvalue weighted by Crippen LogP contribution is 2.36. The average Bonchev–Trinajstić information content (AvgIpc) is 3.19. The first-order valence-electron chi connectivity index (χ1n) is 18.6. The lowest BCUT2D eigenvalue weighted by Crippen LogP contribution is -2.67. The predicted octanol–water partition coefficient (Wildman–Crippen LogP) is 2.29. The van der Waals surface area contributed by atoms with Gasteiger partial charge in [0.2, 0.25) is 12.6 Å². The number of ether oxygens (including phenoxy) is 11. The Kier molecular flexibility index (Phi) is 20.0. The molecule has 0 spiro atoms. The lowest BCUT2D eigenvalue weighted by atomic mass is 9.96. The Balaban J connectivity index is 2.83. The van der Waals surface area contributed by atoms with Gasteiger partial charge in [0.25, 0.3) is 0 Å². The van der Waals surface area contributed by atoms with E-state index in [9.17, 15) is 38.4 Å². The van der Waals surface area contributed by atoms with Gasteiger partial charge in [-0.05, 0) is 0 Å². The van der Waals surface area contributed by atoms with Crippen molar-refractivity contribution >= 4 is 47.8 Å². The molecule has 0 saturated carbocycles. The Morgan fingerprint density at radius 2 is 0.582 bits per heavy atom. The fourth-order valence-electron chi connectivity index (χ4n) is 5.14. The van der Waals surface area contributed by atoms with Crippen molar-refractivity contribution in [2.45, 2.75) is 168 Å². The van der Waals surface area contributed by atoms with Gasteiger partial charge in [-0.25, -0.2) is 0 Å². The summed E-state index contributed by atoms with van der Waals surface area (Å²) in [5.74, 6) is -6.14. The molecule has 0 aromatic heterocycles. The summed E-state index contributed by atoms with van der Waals surface area (Å²) in [6.45, 7) is 10.9. The molecule has 2 aliphatic rings. The van der Waals surface area contributed by atoms with Crippen LogP contribution < -0.4 is 0 Å². The van der Waals surface area contributed by atoms with E-state index >= 15 is 0 Å². The van der Waals surface area contributed by atoms with Crippen LogP contribution in [0.15, 0.2) is 0 Å². The molecule has 19 heteroatoms. The molecule has 312 valence electrons. The first-order valence-corrected chi connectivity index (χ1v) is 18.6. The molecule has 0 aromatic rings. The number of carbonyl (C=O) groups excluding carboxylic acids is 8. The van der Waals surface area contributed by atoms with E-state index in [1.54, 1.807) is 0 Å². The summed E-state index contributed by atoms with van der Waals surface area (Å²) in [7, 11) is 0. The molecule has 2 fully saturated rings. The zero-order valence-corrected chi connectivity index (χ0v) is 32.6. The summed E-state index contributed by atoms with van der Waals surface area (Å²) in [5, 5.41) is 0. The van der Waals surface area contributed by atoms with Crippen molar-refractivity contribution < 1.29 is 90.5 Å². The van der Waals surface area contributed by atoms with Crippen molar-refractivity contribution in [3.05, 3.63) is 0 Å². The summed E-state index contributed by atoms with van der Waals surface area (Å²) >= 11 is 0. The van der Waals surface area contributed by atoms with Gasteiger partial charge in [-0.1, -0.05) is 55.4 Å². The summed E-state index contributed by atoms with van der Waals surface area (Å²) in [6.07, 6.45) is -17.3. The van der Waals surface area contributed by atoms with Crippen LogP contribution in [0.3, 0.4) is 0 Å². The van der Waals surface area contributed by atoms with Crippen LogP contribution in [0.5, 0.6) is 0 Å². The van der Waals surface area contributed by atoms with Gasteiger partial charge < -0.3 is 52.1 Å². The molecular formula is C36H54O19. The Labute approximate surface area is 319 Å². The third kappa shape index (κ3) is 14.0. The van der Waals surface area contributed by atoms with Gasteiger partial charge in [-0.2, -0.15) is 0 Å². The number of hydrogen-bond donors (Lipinski definition) is 0. The third-order valence-corrected chi connectivity index (χ3v) is 8.18. The van der Waals surface area contributed by atoms with Crippen LogP contribution in [0, 0.1) is 0 Å². The van der Waals surface area contributed by atoms with Crippen molar-refractivity contribution in [1.82, 2.24) is 0 Å². The molecule has 2 saturated heterocycles. The standard InChI is InChI=1S/C36H54O19/c1-9-21(37)45-17-19-29(49-23(39)11-3)31(51-25(41)13-5)33(53-27(43)15-7)35(47-19)55-36-34(54-28(44)16-8)32(52-26(42)14-6)30(50-24(40)12-4)20(48-36)18-46-22(38)10-2/h19-20,29-36H,9-18H2,1-8H3/t19-,20?,29-,30+,31?,32?,33?,34?,35-,36+/m1/s1. The largest absolute Gasteiger partial charge is 0.463 e. The minimum Gasteiger partial charge on any atom is -0.463 e. The summed E-state index contributed by atoms with van der Waals surface area (Å²) < 4.78 is 63.3. The average molecular weight is 791 g/mol. The second kappa shape index (κ2) is 23.5. The molecule has 0 bridgehead atoms. The zero-order chi connectivity index (χ0) is 41.2. The van der Waals surface area contributed by atoms with Gasteiger partial charge in [0.1, 0.15) is 25.4 Å². The molecule has 0 amide bonds. The van der Waals surface area contributed by atoms with E-state index < -0.39 is 122 Å². The zero-order valence-electron chi connectivity index (χ0n) is 32.6. The van der Waals surface area contributed by atoms with Gasteiger partial charge in [-0.3, -0.25) is 38.4 Å². The fourth-order valence-corrected chi connectivity index (χ4v) is 5.14. The summed E-state index contributed by atoms with van der Waals surface area (Å²) in [4.78, 5) is 101. The molecule has 55 heavy (non-hydrogen) atoms. The molecule has 2 rings (SSSR count). The SMILES string of the molecule is CCC(=O)OCC1O[C@@H](O[C@H]2O[C@H](COC(=O)CC)[C@@H](OC(=O)CC)C(OC(=O)CC)C2OC(=O)CC)C(OC(=O)CC)C(OC(=O)CC)[C@H]1OC(=O)CC. The maximum atomic E-state index is 12.9. The van der Waals surface area contributed by atoms with Crippen LogP contribution in [0.1, 0.15) is 107 Å². The first kappa shape index (κ1) is 46.8. The predicted molar refractivity (Wildman–Crippen MR) is 182 cm³/mol. The Hall–Kier alpha value is -4.36. The van der Waals surface area contributed by atoms with Gasteiger partial charge in [0.05, 0.1) is 0 Å². The molecule has 0 radical (unpaired) electrons. The Bertz CT molecular complexity index is 1230. The fraction of sp³-hybridized carbons (Fsp3) is 0.778. The van der Waals surface area contributed by atoms with Crippen LogP contribution in [0.4, 0.5) is 0 Å². The van der Waals surface area contributed by atoms with Gasteiger partial charge >= 0.3 is 47.8 Å². The first-order chi connectivity index (χ1) is 26.2. The van der Waals surface area contributed by atoms with E-state index in [1.165, 1.54) is 55.4 Å². The van der Waals surface area contributed by atoms with Crippen molar-refractivity contribution in [1.29, 1.82) is 0 Å². The molecule has 2 heterocycles. The topological polar surface area (TPSA) is 238 Å². The van der Waals surface area contributed by atoms with Crippen LogP contribution in [0.25, 0.3) is 0 Å². The monoisotopic (exact) mass is 790 g/mol. The third-order valence-electron chi connectivity index (χ3n) is 8.18. The second-order valence-electron chi connectivity index (χ2n) is 12.1. The highest BCUT2D eigenvalue weighted by molar-refractivity contribution is 5.73. The van der Waals surface area contributed by atoms with E-state index in [1.807, 2.05) is 0 Å². The molecule has 10 atom stereocenters. The number of carbonyl (C=O) groups is 8. The normalized spacial score (nSPS) is 27.4. The van der Waals surface area contributed by atoms with Crippen molar-refractivity contribution in [3.63, 3.8) is 0 Å². The smallest absolute Gasteiger partial charge is 0.306 e. The summed E-state index contributed by atoms with van der Waals surface area (Å²) in [6, 6.07) is 0. The van der Waals surface area contributed by atoms with E-state index in [0.29, 0.717) is 0 Å². The van der Waals surface area contributed by atoms with E-state index in [0.717, 1.165) is 0 Å². The highest BCUT2D eigenvalue weighted by Gasteiger charge is 2.58. The van der Waals surface area contributed by atoms with E-state index in [-0.39, 0.29) is 51.4 Å². The highest BCUT2D eigenvalue weighted by atomic mass is 16.8. The minimum absolute atomic E-state index is 0.0386. The molecule has 2 aliphatic heterocycles. The molecule has 19 nitrogen and oxygen atoms in total. The Morgan fingerprint density at radius 1 is 0.345 bits per heavy atom. The van der Waals surface area contributed by atoms with Gasteiger partial charge in [0.15, 0.2) is 36.6 Å². The van der Waals surface area contributed by atoms with Crippen molar-refractivity contribution in [2.75, 3.05) is 13.2 Å². The molecule has 5 unspecified atom stereocenters. The number of rotatable bonds is 20. The number of esters is 8. The molecule has 0 N–H and O–H groups in total. The van der Waals surface area contributed by atoms with E-state index in [4.69, 9.17) is 52.1 Å². The van der Waals surface area contributed by atoms with Crippen LogP contribution in [-0.4, -0.2) is 122 Å². The lowest BCUT2D eigenvalue weighted by Gasteiger charge is -2.48. The molecule has 0 aliphatic carbocycles. The van der Waals surface area contributed by atoms with Crippen molar-refractivity contribution in [2.24, 2.45) is 0 Å². The lowest BCUT2D eigenvalue weighted by molar-refractivity contribution is -0.378. The molecule has 0 aromatic carbocycles. The Morgan fingerprint density at radius 3 is 0.836 bits per heavy atom. The quantitative estimate of drug-likeness (QED) is 0.127. The van der Waals surface area contributed by atoms with Gasteiger partial charge in [-0.15, -0.1) is 0 Å². The van der Waals surface area contributed by atoms with Crippen LogP contribution >= 0.6 is 0 Å². The van der Waals surface area contributed by atoms with Gasteiger partial charge in [0, 0.05) is 51.4 Å². The van der Waals surface area contributed by atoms with Crippen LogP contribution in [-0.2, 0) is 90.5 Å². The molecular weight excluding hydrogens is 736 g/mol. The second-order valence-corrected chi connectivity index (χ2v) is 12.1. The maximum absolute atomic E-state index is 12.9. The maximum Gasteiger partial charge on any atom is 0.306 e.